The van der Waals surface area contributed by atoms with Crippen molar-refractivity contribution in [1.82, 2.24) is 10.2 Å². The quantitative estimate of drug-likeness (QED) is 0.742. The molecule has 0 aliphatic rings. The Morgan fingerprint density at radius 1 is 1.50 bits per heavy atom. The summed E-state index contributed by atoms with van der Waals surface area (Å²) in [5, 5.41) is 16.1. The molecule has 0 aliphatic carbocycles. The summed E-state index contributed by atoms with van der Waals surface area (Å²) in [6, 6.07) is 7.67. The largest absolute Gasteiger partial charge is 0.276 e. The molecule has 1 heterocycles. The van der Waals surface area contributed by atoms with Crippen LogP contribution < -0.4 is 0 Å². The Morgan fingerprint density at radius 2 is 2.33 bits per heavy atom. The second-order valence-corrected chi connectivity index (χ2v) is 3.29. The third-order valence-corrected chi connectivity index (χ3v) is 2.12. The van der Waals surface area contributed by atoms with Crippen LogP contribution in [-0.2, 0) is 0 Å². The first-order chi connectivity index (χ1) is 5.81. The standard InChI is InChI=1S/C8H4BrN3/c9-5-1-2-7-6(3-5)8(4-10)12-11-7/h1-3H,(H,11,12). The van der Waals surface area contributed by atoms with Gasteiger partial charge in [-0.2, -0.15) is 10.4 Å². The number of rotatable bonds is 0. The van der Waals surface area contributed by atoms with Crippen LogP contribution in [-0.4, -0.2) is 10.2 Å². The van der Waals surface area contributed by atoms with Crippen LogP contribution in [0.25, 0.3) is 10.9 Å². The van der Waals surface area contributed by atoms with Gasteiger partial charge in [0.05, 0.1) is 5.52 Å². The predicted molar refractivity (Wildman–Crippen MR) is 48.5 cm³/mol. The molecule has 1 aromatic heterocycles. The number of hydrogen-bond donors (Lipinski definition) is 1. The molecule has 0 unspecified atom stereocenters. The first-order valence-corrected chi connectivity index (χ1v) is 4.14. The minimum Gasteiger partial charge on any atom is -0.276 e. The maximum atomic E-state index is 8.67. The molecular formula is C8H4BrN3. The summed E-state index contributed by atoms with van der Waals surface area (Å²) in [4.78, 5) is 0. The van der Waals surface area contributed by atoms with Crippen LogP contribution in [0.2, 0.25) is 0 Å². The number of benzene rings is 1. The highest BCUT2D eigenvalue weighted by Crippen LogP contribution is 2.19. The number of H-pyrrole nitrogens is 1. The van der Waals surface area contributed by atoms with Crippen LogP contribution in [0.4, 0.5) is 0 Å². The topological polar surface area (TPSA) is 52.5 Å². The summed E-state index contributed by atoms with van der Waals surface area (Å²) >= 11 is 3.33. The third-order valence-electron chi connectivity index (χ3n) is 1.63. The minimum absolute atomic E-state index is 0.436. The van der Waals surface area contributed by atoms with Crippen molar-refractivity contribution in [2.75, 3.05) is 0 Å². The summed E-state index contributed by atoms with van der Waals surface area (Å²) < 4.78 is 0.952. The first kappa shape index (κ1) is 7.32. The number of aromatic nitrogens is 2. The monoisotopic (exact) mass is 221 g/mol. The second kappa shape index (κ2) is 2.61. The van der Waals surface area contributed by atoms with Crippen molar-refractivity contribution in [3.05, 3.63) is 28.4 Å². The molecule has 58 valence electrons. The molecule has 0 fully saturated rings. The van der Waals surface area contributed by atoms with Crippen LogP contribution in [0.1, 0.15) is 5.69 Å². The van der Waals surface area contributed by atoms with Crippen molar-refractivity contribution in [3.63, 3.8) is 0 Å². The molecule has 2 aromatic rings. The lowest BCUT2D eigenvalue weighted by molar-refractivity contribution is 1.10. The maximum absolute atomic E-state index is 8.67. The molecule has 0 radical (unpaired) electrons. The van der Waals surface area contributed by atoms with Crippen LogP contribution in [0.3, 0.4) is 0 Å². The van der Waals surface area contributed by atoms with Crippen LogP contribution >= 0.6 is 15.9 Å². The van der Waals surface area contributed by atoms with Gasteiger partial charge in [0.1, 0.15) is 6.07 Å². The lowest BCUT2D eigenvalue weighted by atomic mass is 10.2. The molecule has 1 aromatic carbocycles. The Kier molecular flexibility index (Phi) is 1.59. The third kappa shape index (κ3) is 0.990. The van der Waals surface area contributed by atoms with Gasteiger partial charge in [0.2, 0.25) is 0 Å². The molecule has 12 heavy (non-hydrogen) atoms. The zero-order valence-corrected chi connectivity index (χ0v) is 7.59. The fourth-order valence-electron chi connectivity index (χ4n) is 1.07. The van der Waals surface area contributed by atoms with E-state index in [0.29, 0.717) is 5.69 Å². The van der Waals surface area contributed by atoms with E-state index in [0.717, 1.165) is 15.4 Å². The van der Waals surface area contributed by atoms with Gasteiger partial charge in [-0.25, -0.2) is 0 Å². The van der Waals surface area contributed by atoms with E-state index in [-0.39, 0.29) is 0 Å². The predicted octanol–water partition coefficient (Wildman–Crippen LogP) is 2.20. The normalized spacial score (nSPS) is 10.0. The number of nitriles is 1. The second-order valence-electron chi connectivity index (χ2n) is 2.37. The molecule has 0 amide bonds. The van der Waals surface area contributed by atoms with Crippen molar-refractivity contribution in [2.24, 2.45) is 0 Å². The van der Waals surface area contributed by atoms with Gasteiger partial charge in [-0.05, 0) is 18.2 Å². The lowest BCUT2D eigenvalue weighted by Gasteiger charge is -1.88. The van der Waals surface area contributed by atoms with Crippen LogP contribution in [0.15, 0.2) is 22.7 Å². The summed E-state index contributed by atoms with van der Waals surface area (Å²) in [6.45, 7) is 0. The molecule has 1 N–H and O–H groups in total. The number of nitrogens with one attached hydrogen (secondary N) is 1. The zero-order valence-electron chi connectivity index (χ0n) is 6.00. The van der Waals surface area contributed by atoms with E-state index >= 15 is 0 Å². The van der Waals surface area contributed by atoms with Crippen molar-refractivity contribution in [2.45, 2.75) is 0 Å². The van der Waals surface area contributed by atoms with E-state index in [9.17, 15) is 0 Å². The SMILES string of the molecule is N#Cc1n[nH]c2ccc(Br)cc12. The van der Waals surface area contributed by atoms with E-state index in [1.807, 2.05) is 24.3 Å². The van der Waals surface area contributed by atoms with E-state index in [1.54, 1.807) is 0 Å². The fourth-order valence-corrected chi connectivity index (χ4v) is 1.43. The molecule has 2 rings (SSSR count). The number of halogens is 1. The molecule has 0 spiro atoms. The first-order valence-electron chi connectivity index (χ1n) is 3.35. The van der Waals surface area contributed by atoms with E-state index in [1.165, 1.54) is 0 Å². The Labute approximate surface area is 77.1 Å². The van der Waals surface area contributed by atoms with Crippen molar-refractivity contribution in [1.29, 1.82) is 5.26 Å². The summed E-state index contributed by atoms with van der Waals surface area (Å²) in [5.41, 5.74) is 1.32. The fraction of sp³-hybridized carbons (Fsp3) is 0. The van der Waals surface area contributed by atoms with Gasteiger partial charge >= 0.3 is 0 Å². The van der Waals surface area contributed by atoms with Gasteiger partial charge in [-0.3, -0.25) is 5.10 Å². The van der Waals surface area contributed by atoms with Crippen molar-refractivity contribution in [3.8, 4) is 6.07 Å². The summed E-state index contributed by atoms with van der Waals surface area (Å²) in [7, 11) is 0. The Morgan fingerprint density at radius 3 is 3.08 bits per heavy atom. The van der Waals surface area contributed by atoms with E-state index in [4.69, 9.17) is 5.26 Å². The molecule has 3 nitrogen and oxygen atoms in total. The number of hydrogen-bond acceptors (Lipinski definition) is 2. The number of nitrogens with zero attached hydrogens (tertiary/aromatic N) is 2. The van der Waals surface area contributed by atoms with E-state index in [2.05, 4.69) is 26.1 Å². The van der Waals surface area contributed by atoms with Gasteiger partial charge < -0.3 is 0 Å². The Balaban J connectivity index is 2.86. The molecule has 0 aliphatic heterocycles. The van der Waals surface area contributed by atoms with Gasteiger partial charge in [-0.1, -0.05) is 15.9 Å². The zero-order chi connectivity index (χ0) is 8.55. The molecular weight excluding hydrogens is 218 g/mol. The number of fused-ring (bicyclic) bond motifs is 1. The average molecular weight is 222 g/mol. The van der Waals surface area contributed by atoms with Gasteiger partial charge in [-0.15, -0.1) is 0 Å². The highest BCUT2D eigenvalue weighted by molar-refractivity contribution is 9.10. The Bertz CT molecular complexity index is 467. The summed E-state index contributed by atoms with van der Waals surface area (Å²) in [5.74, 6) is 0. The van der Waals surface area contributed by atoms with Gasteiger partial charge in [0.25, 0.3) is 0 Å². The molecule has 0 saturated heterocycles. The van der Waals surface area contributed by atoms with Gasteiger partial charge in [0, 0.05) is 9.86 Å². The van der Waals surface area contributed by atoms with Gasteiger partial charge in [0.15, 0.2) is 5.69 Å². The van der Waals surface area contributed by atoms with Crippen LogP contribution in [0, 0.1) is 11.3 Å². The average Bonchev–Trinajstić information content (AvgIpc) is 2.46. The molecule has 4 heteroatoms. The maximum Gasteiger partial charge on any atom is 0.170 e. The lowest BCUT2D eigenvalue weighted by Crippen LogP contribution is -1.72. The highest BCUT2D eigenvalue weighted by atomic mass is 79.9. The van der Waals surface area contributed by atoms with Crippen LogP contribution in [0.5, 0.6) is 0 Å². The Hall–Kier alpha value is -1.34. The molecule has 0 saturated carbocycles. The smallest absolute Gasteiger partial charge is 0.170 e. The van der Waals surface area contributed by atoms with Crippen molar-refractivity contribution >= 4 is 26.8 Å². The number of aromatic amines is 1. The van der Waals surface area contributed by atoms with Crippen molar-refractivity contribution < 1.29 is 0 Å². The molecule has 0 bridgehead atoms. The highest BCUT2D eigenvalue weighted by Gasteiger charge is 2.03. The molecule has 0 atom stereocenters. The van der Waals surface area contributed by atoms with E-state index < -0.39 is 0 Å². The minimum atomic E-state index is 0.436. The summed E-state index contributed by atoms with van der Waals surface area (Å²) in [6.07, 6.45) is 0.